The van der Waals surface area contributed by atoms with Crippen molar-refractivity contribution >= 4 is 11.8 Å². The SMILES string of the molecule is C=CC1CC1(N)C(=O)NC(=O)C(F)(F)F. The molecular weight excluding hydrogens is 213 g/mol. The third-order valence-corrected chi connectivity index (χ3v) is 2.25. The van der Waals surface area contributed by atoms with Crippen LogP contribution in [-0.4, -0.2) is 23.5 Å². The minimum atomic E-state index is -5.08. The van der Waals surface area contributed by atoms with Crippen molar-refractivity contribution in [1.82, 2.24) is 5.32 Å². The van der Waals surface area contributed by atoms with E-state index in [9.17, 15) is 22.8 Å². The Morgan fingerprint density at radius 3 is 2.40 bits per heavy atom. The van der Waals surface area contributed by atoms with E-state index in [0.29, 0.717) is 0 Å². The van der Waals surface area contributed by atoms with Crippen LogP contribution in [0.2, 0.25) is 0 Å². The monoisotopic (exact) mass is 222 g/mol. The molecule has 0 aliphatic heterocycles. The van der Waals surface area contributed by atoms with E-state index in [1.807, 2.05) is 0 Å². The van der Waals surface area contributed by atoms with Gasteiger partial charge >= 0.3 is 12.1 Å². The number of nitrogens with one attached hydrogen (secondary N) is 1. The Balaban J connectivity index is 2.59. The summed E-state index contributed by atoms with van der Waals surface area (Å²) in [6, 6.07) is 0. The van der Waals surface area contributed by atoms with Gasteiger partial charge in [-0.15, -0.1) is 6.58 Å². The Morgan fingerprint density at radius 1 is 1.53 bits per heavy atom. The highest BCUT2D eigenvalue weighted by Crippen LogP contribution is 2.41. The number of rotatable bonds is 2. The Kier molecular flexibility index (Phi) is 2.60. The molecule has 84 valence electrons. The van der Waals surface area contributed by atoms with E-state index in [-0.39, 0.29) is 12.3 Å². The number of alkyl halides is 3. The molecule has 0 bridgehead atoms. The van der Waals surface area contributed by atoms with Crippen LogP contribution in [-0.2, 0) is 9.59 Å². The van der Waals surface area contributed by atoms with E-state index in [0.717, 1.165) is 0 Å². The van der Waals surface area contributed by atoms with Gasteiger partial charge in [-0.25, -0.2) is 0 Å². The Hall–Kier alpha value is -1.37. The lowest BCUT2D eigenvalue weighted by molar-refractivity contribution is -0.175. The first kappa shape index (κ1) is 11.7. The van der Waals surface area contributed by atoms with Gasteiger partial charge in [0, 0.05) is 5.92 Å². The van der Waals surface area contributed by atoms with Gasteiger partial charge in [0.25, 0.3) is 0 Å². The third-order valence-electron chi connectivity index (χ3n) is 2.25. The fourth-order valence-electron chi connectivity index (χ4n) is 1.15. The molecule has 7 heteroatoms. The fraction of sp³-hybridized carbons (Fsp3) is 0.500. The number of carbonyl (C=O) groups excluding carboxylic acids is 2. The summed E-state index contributed by atoms with van der Waals surface area (Å²) in [5, 5.41) is 1.21. The minimum absolute atomic E-state index is 0.202. The number of hydrogen-bond donors (Lipinski definition) is 2. The molecule has 2 amide bonds. The van der Waals surface area contributed by atoms with Crippen LogP contribution < -0.4 is 11.1 Å². The zero-order valence-electron chi connectivity index (χ0n) is 7.60. The van der Waals surface area contributed by atoms with Crippen LogP contribution in [0.25, 0.3) is 0 Å². The molecule has 0 aromatic carbocycles. The van der Waals surface area contributed by atoms with Crippen LogP contribution in [0.3, 0.4) is 0 Å². The molecule has 1 aliphatic carbocycles. The number of amides is 2. The molecule has 0 spiro atoms. The molecule has 1 rings (SSSR count). The molecule has 0 saturated heterocycles. The van der Waals surface area contributed by atoms with Gasteiger partial charge in [0.15, 0.2) is 0 Å². The van der Waals surface area contributed by atoms with Crippen molar-refractivity contribution in [1.29, 1.82) is 0 Å². The van der Waals surface area contributed by atoms with Crippen LogP contribution in [0.4, 0.5) is 13.2 Å². The molecule has 2 unspecified atom stereocenters. The van der Waals surface area contributed by atoms with Crippen LogP contribution >= 0.6 is 0 Å². The highest BCUT2D eigenvalue weighted by molar-refractivity contribution is 6.03. The predicted molar refractivity (Wildman–Crippen MR) is 44.4 cm³/mol. The maximum Gasteiger partial charge on any atom is 0.471 e. The van der Waals surface area contributed by atoms with Crippen molar-refractivity contribution in [3.63, 3.8) is 0 Å². The second-order valence-electron chi connectivity index (χ2n) is 3.37. The molecule has 1 fully saturated rings. The smallest absolute Gasteiger partial charge is 0.317 e. The van der Waals surface area contributed by atoms with E-state index in [1.165, 1.54) is 11.4 Å². The topological polar surface area (TPSA) is 72.2 Å². The molecule has 15 heavy (non-hydrogen) atoms. The molecule has 3 N–H and O–H groups in total. The van der Waals surface area contributed by atoms with Crippen molar-refractivity contribution < 1.29 is 22.8 Å². The molecule has 0 aromatic rings. The molecule has 4 nitrogen and oxygen atoms in total. The summed E-state index contributed by atoms with van der Waals surface area (Å²) in [6.07, 6.45) is -3.50. The number of imide groups is 1. The van der Waals surface area contributed by atoms with Crippen LogP contribution in [0, 0.1) is 5.92 Å². The summed E-state index contributed by atoms with van der Waals surface area (Å²) < 4.78 is 35.3. The first-order valence-electron chi connectivity index (χ1n) is 4.06. The Bertz CT molecular complexity index is 326. The minimum Gasteiger partial charge on any atom is -0.317 e. The van der Waals surface area contributed by atoms with E-state index < -0.39 is 23.5 Å². The summed E-state index contributed by atoms with van der Waals surface area (Å²) in [6.45, 7) is 3.36. The number of halogens is 3. The summed E-state index contributed by atoms with van der Waals surface area (Å²) >= 11 is 0. The largest absolute Gasteiger partial charge is 0.471 e. The van der Waals surface area contributed by atoms with Crippen LogP contribution in [0.1, 0.15) is 6.42 Å². The van der Waals surface area contributed by atoms with Gasteiger partial charge in [-0.1, -0.05) is 6.08 Å². The summed E-state index contributed by atoms with van der Waals surface area (Å²) in [5.74, 6) is -3.79. The van der Waals surface area contributed by atoms with Gasteiger partial charge in [-0.3, -0.25) is 14.9 Å². The zero-order valence-corrected chi connectivity index (χ0v) is 7.60. The van der Waals surface area contributed by atoms with Crippen molar-refractivity contribution in [2.45, 2.75) is 18.1 Å². The maximum absolute atomic E-state index is 11.8. The van der Waals surface area contributed by atoms with E-state index in [2.05, 4.69) is 6.58 Å². The van der Waals surface area contributed by atoms with Crippen LogP contribution in [0.15, 0.2) is 12.7 Å². The molecule has 0 aromatic heterocycles. The molecule has 1 saturated carbocycles. The zero-order chi connectivity index (χ0) is 11.9. The number of carbonyl (C=O) groups is 2. The quantitative estimate of drug-likeness (QED) is 0.650. The fourth-order valence-corrected chi connectivity index (χ4v) is 1.15. The first-order chi connectivity index (χ1) is 6.71. The lowest BCUT2D eigenvalue weighted by atomic mass is 10.2. The third kappa shape index (κ3) is 2.17. The van der Waals surface area contributed by atoms with Crippen molar-refractivity contribution in [2.24, 2.45) is 11.7 Å². The average Bonchev–Trinajstić information content (AvgIpc) is 2.77. The van der Waals surface area contributed by atoms with Gasteiger partial charge in [0.05, 0.1) is 0 Å². The predicted octanol–water partition coefficient (Wildman–Crippen LogP) is 0.0949. The summed E-state index contributed by atoms with van der Waals surface area (Å²) in [4.78, 5) is 21.6. The number of hydrogen-bond acceptors (Lipinski definition) is 3. The molecule has 2 atom stereocenters. The molecule has 0 radical (unpaired) electrons. The van der Waals surface area contributed by atoms with Gasteiger partial charge in [0.2, 0.25) is 5.91 Å². The molecule has 1 aliphatic rings. The average molecular weight is 222 g/mol. The van der Waals surface area contributed by atoms with Crippen molar-refractivity contribution in [3.05, 3.63) is 12.7 Å². The number of nitrogens with two attached hydrogens (primary N) is 1. The summed E-state index contributed by atoms with van der Waals surface area (Å²) in [7, 11) is 0. The van der Waals surface area contributed by atoms with Crippen LogP contribution in [0.5, 0.6) is 0 Å². The Labute approximate surface area is 83.3 Å². The van der Waals surface area contributed by atoms with Gasteiger partial charge in [-0.2, -0.15) is 13.2 Å². The standard InChI is InChI=1S/C8H9F3N2O2/c1-2-4-3-7(4,12)5(14)13-6(15)8(9,10)11/h2,4H,1,3,12H2,(H,13,14,15). The van der Waals surface area contributed by atoms with Crippen molar-refractivity contribution in [3.8, 4) is 0 Å². The molecule has 0 heterocycles. The Morgan fingerprint density at radius 2 is 2.07 bits per heavy atom. The maximum atomic E-state index is 11.8. The van der Waals surface area contributed by atoms with Gasteiger partial charge < -0.3 is 5.73 Å². The second kappa shape index (κ2) is 3.34. The summed E-state index contributed by atoms with van der Waals surface area (Å²) in [5.41, 5.74) is 4.02. The highest BCUT2D eigenvalue weighted by Gasteiger charge is 2.56. The lowest BCUT2D eigenvalue weighted by Crippen LogP contribution is -2.50. The van der Waals surface area contributed by atoms with E-state index in [4.69, 9.17) is 5.73 Å². The second-order valence-corrected chi connectivity index (χ2v) is 3.37. The van der Waals surface area contributed by atoms with Gasteiger partial charge in [-0.05, 0) is 6.42 Å². The van der Waals surface area contributed by atoms with E-state index >= 15 is 0 Å². The lowest BCUT2D eigenvalue weighted by Gasteiger charge is -2.11. The highest BCUT2D eigenvalue weighted by atomic mass is 19.4. The normalized spacial score (nSPS) is 29.5. The van der Waals surface area contributed by atoms with E-state index in [1.54, 1.807) is 0 Å². The first-order valence-corrected chi connectivity index (χ1v) is 4.06. The molecular formula is C8H9F3N2O2. The van der Waals surface area contributed by atoms with Gasteiger partial charge in [0.1, 0.15) is 5.54 Å². The van der Waals surface area contributed by atoms with Crippen molar-refractivity contribution in [2.75, 3.05) is 0 Å².